The summed E-state index contributed by atoms with van der Waals surface area (Å²) in [6, 6.07) is 0. The molecule has 1 aliphatic heterocycles. The topological polar surface area (TPSA) is 41.1 Å². The van der Waals surface area contributed by atoms with Gasteiger partial charge in [-0.2, -0.15) is 0 Å². The highest BCUT2D eigenvalue weighted by atomic mass is 19.1. The SMILES string of the molecule is CCc1nc(C)nc(N2CCNCC2)c1F. The van der Waals surface area contributed by atoms with Gasteiger partial charge in [-0.15, -0.1) is 0 Å². The van der Waals surface area contributed by atoms with Gasteiger partial charge < -0.3 is 10.2 Å². The van der Waals surface area contributed by atoms with Crippen LogP contribution in [0, 0.1) is 12.7 Å². The summed E-state index contributed by atoms with van der Waals surface area (Å²) in [5.74, 6) is 0.854. The van der Waals surface area contributed by atoms with Crippen LogP contribution < -0.4 is 10.2 Å². The molecular formula is C11H17FN4. The summed E-state index contributed by atoms with van der Waals surface area (Å²) >= 11 is 0. The van der Waals surface area contributed by atoms with Crippen molar-refractivity contribution in [3.05, 3.63) is 17.3 Å². The van der Waals surface area contributed by atoms with Crippen LogP contribution >= 0.6 is 0 Å². The van der Waals surface area contributed by atoms with Crippen LogP contribution in [-0.4, -0.2) is 36.1 Å². The maximum atomic E-state index is 14.1. The monoisotopic (exact) mass is 224 g/mol. The van der Waals surface area contributed by atoms with E-state index in [4.69, 9.17) is 0 Å². The molecule has 0 aromatic carbocycles. The van der Waals surface area contributed by atoms with E-state index in [1.165, 1.54) is 0 Å². The first-order valence-corrected chi connectivity index (χ1v) is 5.71. The first-order valence-electron chi connectivity index (χ1n) is 5.71. The van der Waals surface area contributed by atoms with Gasteiger partial charge in [-0.3, -0.25) is 0 Å². The number of hydrogen-bond donors (Lipinski definition) is 1. The van der Waals surface area contributed by atoms with Gasteiger partial charge in [0.05, 0.1) is 5.69 Å². The van der Waals surface area contributed by atoms with Crippen LogP contribution in [-0.2, 0) is 6.42 Å². The lowest BCUT2D eigenvalue weighted by atomic mass is 10.2. The quantitative estimate of drug-likeness (QED) is 0.810. The summed E-state index contributed by atoms with van der Waals surface area (Å²) in [5.41, 5.74) is 0.515. The third-order valence-electron chi connectivity index (χ3n) is 2.77. The van der Waals surface area contributed by atoms with Gasteiger partial charge in [0, 0.05) is 26.2 Å². The standard InChI is InChI=1S/C11H17FN4/c1-3-9-10(12)11(15-8(2)14-9)16-6-4-13-5-7-16/h13H,3-7H2,1-2H3. The average Bonchev–Trinajstić information content (AvgIpc) is 2.33. The molecule has 0 unspecified atom stereocenters. The smallest absolute Gasteiger partial charge is 0.187 e. The molecule has 88 valence electrons. The lowest BCUT2D eigenvalue weighted by Crippen LogP contribution is -2.44. The summed E-state index contributed by atoms with van der Waals surface area (Å²) < 4.78 is 14.1. The minimum absolute atomic E-state index is 0.255. The third-order valence-corrected chi connectivity index (χ3v) is 2.77. The van der Waals surface area contributed by atoms with Gasteiger partial charge in [0.15, 0.2) is 11.6 Å². The molecule has 0 saturated carbocycles. The van der Waals surface area contributed by atoms with E-state index in [2.05, 4.69) is 15.3 Å². The lowest BCUT2D eigenvalue weighted by molar-refractivity contribution is 0.545. The number of hydrogen-bond acceptors (Lipinski definition) is 4. The maximum Gasteiger partial charge on any atom is 0.187 e. The molecule has 1 aromatic heterocycles. The molecule has 0 bridgehead atoms. The molecule has 2 heterocycles. The van der Waals surface area contributed by atoms with Crippen LogP contribution in [0.1, 0.15) is 18.4 Å². The van der Waals surface area contributed by atoms with Crippen LogP contribution in [0.15, 0.2) is 0 Å². The second-order valence-electron chi connectivity index (χ2n) is 3.95. The van der Waals surface area contributed by atoms with E-state index >= 15 is 0 Å². The van der Waals surface area contributed by atoms with Crippen LogP contribution in [0.4, 0.5) is 10.2 Å². The van der Waals surface area contributed by atoms with Crippen LogP contribution in [0.5, 0.6) is 0 Å². The summed E-state index contributed by atoms with van der Waals surface area (Å²) in [6.07, 6.45) is 0.605. The lowest BCUT2D eigenvalue weighted by Gasteiger charge is -2.29. The maximum absolute atomic E-state index is 14.1. The van der Waals surface area contributed by atoms with Gasteiger partial charge in [-0.1, -0.05) is 6.92 Å². The van der Waals surface area contributed by atoms with Crippen molar-refractivity contribution < 1.29 is 4.39 Å². The molecule has 1 aliphatic rings. The third kappa shape index (κ3) is 2.14. The minimum atomic E-state index is -0.255. The van der Waals surface area contributed by atoms with Crippen molar-refractivity contribution in [2.24, 2.45) is 0 Å². The molecule has 0 atom stereocenters. The summed E-state index contributed by atoms with van der Waals surface area (Å²) in [5, 5.41) is 3.24. The van der Waals surface area contributed by atoms with E-state index in [1.54, 1.807) is 0 Å². The van der Waals surface area contributed by atoms with E-state index in [0.29, 0.717) is 23.8 Å². The zero-order valence-electron chi connectivity index (χ0n) is 9.76. The molecule has 5 heteroatoms. The Morgan fingerprint density at radius 2 is 2.00 bits per heavy atom. The molecule has 0 radical (unpaired) electrons. The Kier molecular flexibility index (Phi) is 3.33. The second kappa shape index (κ2) is 4.74. The fraction of sp³-hybridized carbons (Fsp3) is 0.636. The molecule has 0 amide bonds. The van der Waals surface area contributed by atoms with Gasteiger partial charge >= 0.3 is 0 Å². The Hall–Kier alpha value is -1.23. The van der Waals surface area contributed by atoms with Crippen LogP contribution in [0.2, 0.25) is 0 Å². The minimum Gasteiger partial charge on any atom is -0.352 e. The Balaban J connectivity index is 2.34. The fourth-order valence-corrected chi connectivity index (χ4v) is 1.92. The van der Waals surface area contributed by atoms with Gasteiger partial charge in [-0.05, 0) is 13.3 Å². The molecular weight excluding hydrogens is 207 g/mol. The molecule has 4 nitrogen and oxygen atoms in total. The van der Waals surface area contributed by atoms with Crippen molar-refractivity contribution in [2.45, 2.75) is 20.3 Å². The molecule has 1 fully saturated rings. The molecule has 2 rings (SSSR count). The molecule has 0 spiro atoms. The zero-order chi connectivity index (χ0) is 11.5. The van der Waals surface area contributed by atoms with Gasteiger partial charge in [-0.25, -0.2) is 14.4 Å². The van der Waals surface area contributed by atoms with Gasteiger partial charge in [0.25, 0.3) is 0 Å². The van der Waals surface area contributed by atoms with Crippen molar-refractivity contribution in [2.75, 3.05) is 31.1 Å². The Morgan fingerprint density at radius 3 is 2.62 bits per heavy atom. The van der Waals surface area contributed by atoms with Crippen LogP contribution in [0.3, 0.4) is 0 Å². The number of anilines is 1. The van der Waals surface area contributed by atoms with E-state index in [-0.39, 0.29) is 5.82 Å². The summed E-state index contributed by atoms with van der Waals surface area (Å²) in [4.78, 5) is 10.3. The molecule has 1 N–H and O–H groups in total. The molecule has 1 aromatic rings. The number of nitrogens with one attached hydrogen (secondary N) is 1. The van der Waals surface area contributed by atoms with Crippen molar-refractivity contribution in [1.82, 2.24) is 15.3 Å². The highest BCUT2D eigenvalue weighted by Crippen LogP contribution is 2.19. The average molecular weight is 224 g/mol. The van der Waals surface area contributed by atoms with Gasteiger partial charge in [0.2, 0.25) is 0 Å². The normalized spacial score (nSPS) is 16.6. The highest BCUT2D eigenvalue weighted by Gasteiger charge is 2.19. The van der Waals surface area contributed by atoms with Crippen molar-refractivity contribution in [3.63, 3.8) is 0 Å². The predicted molar refractivity (Wildman–Crippen MR) is 61.2 cm³/mol. The molecule has 1 saturated heterocycles. The number of rotatable bonds is 2. The summed E-state index contributed by atoms with van der Waals surface area (Å²) in [7, 11) is 0. The van der Waals surface area contributed by atoms with E-state index in [9.17, 15) is 4.39 Å². The predicted octanol–water partition coefficient (Wildman–Crippen LogP) is 0.896. The number of nitrogens with zero attached hydrogens (tertiary/aromatic N) is 3. The van der Waals surface area contributed by atoms with Crippen molar-refractivity contribution >= 4 is 5.82 Å². The van der Waals surface area contributed by atoms with E-state index in [1.807, 2.05) is 18.7 Å². The first kappa shape index (κ1) is 11.3. The number of halogens is 1. The number of aromatic nitrogens is 2. The summed E-state index contributed by atoms with van der Waals surface area (Å²) in [6.45, 7) is 7.08. The molecule has 0 aliphatic carbocycles. The second-order valence-corrected chi connectivity index (χ2v) is 3.95. The zero-order valence-corrected chi connectivity index (χ0v) is 9.76. The largest absolute Gasteiger partial charge is 0.352 e. The van der Waals surface area contributed by atoms with Crippen molar-refractivity contribution in [1.29, 1.82) is 0 Å². The van der Waals surface area contributed by atoms with Crippen molar-refractivity contribution in [3.8, 4) is 0 Å². The first-order chi connectivity index (χ1) is 7.72. The van der Waals surface area contributed by atoms with Crippen LogP contribution in [0.25, 0.3) is 0 Å². The Bertz CT molecular complexity index is 374. The van der Waals surface area contributed by atoms with E-state index in [0.717, 1.165) is 26.2 Å². The van der Waals surface area contributed by atoms with E-state index < -0.39 is 0 Å². The number of piperazine rings is 1. The van der Waals surface area contributed by atoms with Gasteiger partial charge in [0.1, 0.15) is 5.82 Å². The number of aryl methyl sites for hydroxylation is 2. The fourth-order valence-electron chi connectivity index (χ4n) is 1.92. The molecule has 16 heavy (non-hydrogen) atoms. The highest BCUT2D eigenvalue weighted by molar-refractivity contribution is 5.42. The Morgan fingerprint density at radius 1 is 1.31 bits per heavy atom. The Labute approximate surface area is 94.9 Å².